The van der Waals surface area contributed by atoms with Gasteiger partial charge in [-0.3, -0.25) is 0 Å². The zero-order valence-electron chi connectivity index (χ0n) is 11.1. The minimum absolute atomic E-state index is 0.504. The van der Waals surface area contributed by atoms with E-state index in [2.05, 4.69) is 36.1 Å². The molecule has 1 rings (SSSR count). The van der Waals surface area contributed by atoms with Crippen LogP contribution in [0.4, 0.5) is 5.82 Å². The summed E-state index contributed by atoms with van der Waals surface area (Å²) >= 11 is 0. The standard InChI is InChI=1S/C13H23N3O/c1-4-7-11-9-12(14-6-3)16-13(15-11)10-17-8-5-2/h9H,4-8,10H2,1-3H3,(H,14,15,16). The summed E-state index contributed by atoms with van der Waals surface area (Å²) in [6.45, 7) is 8.45. The van der Waals surface area contributed by atoms with Crippen LogP contribution in [0.15, 0.2) is 6.07 Å². The highest BCUT2D eigenvalue weighted by atomic mass is 16.5. The van der Waals surface area contributed by atoms with Crippen LogP contribution < -0.4 is 5.32 Å². The van der Waals surface area contributed by atoms with Gasteiger partial charge in [0.05, 0.1) is 0 Å². The summed E-state index contributed by atoms with van der Waals surface area (Å²) in [5.41, 5.74) is 1.09. The molecule has 0 aliphatic carbocycles. The molecule has 0 saturated carbocycles. The van der Waals surface area contributed by atoms with E-state index in [4.69, 9.17) is 4.74 Å². The van der Waals surface area contributed by atoms with E-state index in [-0.39, 0.29) is 0 Å². The number of nitrogens with zero attached hydrogens (tertiary/aromatic N) is 2. The van der Waals surface area contributed by atoms with E-state index < -0.39 is 0 Å². The molecule has 1 aromatic rings. The second-order valence-corrected chi connectivity index (χ2v) is 3.99. The highest BCUT2D eigenvalue weighted by Gasteiger charge is 2.04. The molecule has 96 valence electrons. The van der Waals surface area contributed by atoms with E-state index >= 15 is 0 Å². The molecule has 0 saturated heterocycles. The maximum Gasteiger partial charge on any atom is 0.156 e. The Morgan fingerprint density at radius 2 is 2.00 bits per heavy atom. The van der Waals surface area contributed by atoms with Gasteiger partial charge in [-0.2, -0.15) is 0 Å². The third kappa shape index (κ3) is 5.13. The van der Waals surface area contributed by atoms with Crippen LogP contribution >= 0.6 is 0 Å². The van der Waals surface area contributed by atoms with E-state index in [1.807, 2.05) is 6.07 Å². The van der Waals surface area contributed by atoms with Crippen LogP contribution in [-0.2, 0) is 17.8 Å². The molecule has 0 bridgehead atoms. The molecular formula is C13H23N3O. The van der Waals surface area contributed by atoms with E-state index in [1.54, 1.807) is 0 Å². The van der Waals surface area contributed by atoms with Crippen LogP contribution in [-0.4, -0.2) is 23.1 Å². The first kappa shape index (κ1) is 13.9. The Morgan fingerprint density at radius 1 is 1.18 bits per heavy atom. The van der Waals surface area contributed by atoms with Gasteiger partial charge in [-0.25, -0.2) is 9.97 Å². The van der Waals surface area contributed by atoms with Crippen LogP contribution in [0.1, 0.15) is 45.1 Å². The average molecular weight is 237 g/mol. The molecule has 0 aliphatic heterocycles. The Balaban J connectivity index is 2.72. The fourth-order valence-corrected chi connectivity index (χ4v) is 1.58. The number of hydrogen-bond acceptors (Lipinski definition) is 4. The lowest BCUT2D eigenvalue weighted by Gasteiger charge is -2.08. The Hall–Kier alpha value is -1.16. The number of aryl methyl sites for hydroxylation is 1. The molecule has 0 aliphatic rings. The Labute approximate surface area is 104 Å². The van der Waals surface area contributed by atoms with Crippen LogP contribution in [0.2, 0.25) is 0 Å². The summed E-state index contributed by atoms with van der Waals surface area (Å²) in [5.74, 6) is 1.68. The lowest BCUT2D eigenvalue weighted by molar-refractivity contribution is 0.116. The second-order valence-electron chi connectivity index (χ2n) is 3.99. The van der Waals surface area contributed by atoms with Gasteiger partial charge in [0.15, 0.2) is 5.82 Å². The highest BCUT2D eigenvalue weighted by Crippen LogP contribution is 2.09. The largest absolute Gasteiger partial charge is 0.373 e. The van der Waals surface area contributed by atoms with Crippen molar-refractivity contribution in [1.82, 2.24) is 9.97 Å². The molecule has 0 amide bonds. The summed E-state index contributed by atoms with van der Waals surface area (Å²) < 4.78 is 5.48. The lowest BCUT2D eigenvalue weighted by atomic mass is 10.2. The molecule has 0 fully saturated rings. The first-order valence-electron chi connectivity index (χ1n) is 6.48. The molecule has 0 aromatic carbocycles. The quantitative estimate of drug-likeness (QED) is 0.706. The van der Waals surface area contributed by atoms with Gasteiger partial charge in [-0.1, -0.05) is 20.3 Å². The predicted molar refractivity (Wildman–Crippen MR) is 70.1 cm³/mol. The van der Waals surface area contributed by atoms with E-state index in [1.165, 1.54) is 0 Å². The Morgan fingerprint density at radius 3 is 2.65 bits per heavy atom. The minimum atomic E-state index is 0.504. The number of nitrogens with one attached hydrogen (secondary N) is 1. The van der Waals surface area contributed by atoms with Crippen molar-refractivity contribution in [1.29, 1.82) is 0 Å². The van der Waals surface area contributed by atoms with Gasteiger partial charge in [0.25, 0.3) is 0 Å². The number of ether oxygens (including phenoxy) is 1. The maximum atomic E-state index is 5.48. The van der Waals surface area contributed by atoms with Gasteiger partial charge >= 0.3 is 0 Å². The van der Waals surface area contributed by atoms with Crippen LogP contribution in [0.25, 0.3) is 0 Å². The van der Waals surface area contributed by atoms with Crippen molar-refractivity contribution >= 4 is 5.82 Å². The molecule has 1 aromatic heterocycles. The zero-order valence-corrected chi connectivity index (χ0v) is 11.1. The molecule has 1 N–H and O–H groups in total. The molecule has 1 heterocycles. The van der Waals surface area contributed by atoms with Gasteiger partial charge < -0.3 is 10.1 Å². The second kappa shape index (κ2) is 8.01. The number of aromatic nitrogens is 2. The van der Waals surface area contributed by atoms with Gasteiger partial charge in [0, 0.05) is 24.9 Å². The third-order valence-corrected chi connectivity index (χ3v) is 2.27. The molecule has 0 atom stereocenters. The van der Waals surface area contributed by atoms with Crippen LogP contribution in [0, 0.1) is 0 Å². The van der Waals surface area contributed by atoms with Crippen molar-refractivity contribution in [3.8, 4) is 0 Å². The van der Waals surface area contributed by atoms with Crippen molar-refractivity contribution in [2.45, 2.75) is 46.6 Å². The predicted octanol–water partition coefficient (Wildman–Crippen LogP) is 2.79. The fourth-order valence-electron chi connectivity index (χ4n) is 1.58. The van der Waals surface area contributed by atoms with Gasteiger partial charge in [-0.05, 0) is 19.8 Å². The summed E-state index contributed by atoms with van der Waals surface area (Å²) in [5, 5.41) is 3.23. The van der Waals surface area contributed by atoms with E-state index in [9.17, 15) is 0 Å². The summed E-state index contributed by atoms with van der Waals surface area (Å²) in [4.78, 5) is 8.93. The number of hydrogen-bond donors (Lipinski definition) is 1. The van der Waals surface area contributed by atoms with E-state index in [0.717, 1.165) is 49.8 Å². The van der Waals surface area contributed by atoms with Crippen molar-refractivity contribution in [3.05, 3.63) is 17.6 Å². The number of rotatable bonds is 8. The minimum Gasteiger partial charge on any atom is -0.373 e. The molecule has 17 heavy (non-hydrogen) atoms. The van der Waals surface area contributed by atoms with Crippen LogP contribution in [0.5, 0.6) is 0 Å². The lowest BCUT2D eigenvalue weighted by Crippen LogP contribution is -2.07. The van der Waals surface area contributed by atoms with Gasteiger partial charge in [-0.15, -0.1) is 0 Å². The summed E-state index contributed by atoms with van der Waals surface area (Å²) in [7, 11) is 0. The first-order chi connectivity index (χ1) is 8.30. The molecule has 4 nitrogen and oxygen atoms in total. The number of anilines is 1. The topological polar surface area (TPSA) is 47.0 Å². The molecular weight excluding hydrogens is 214 g/mol. The molecule has 0 radical (unpaired) electrons. The van der Waals surface area contributed by atoms with Gasteiger partial charge in [0.1, 0.15) is 12.4 Å². The molecule has 0 spiro atoms. The summed E-state index contributed by atoms with van der Waals surface area (Å²) in [6.07, 6.45) is 3.11. The third-order valence-electron chi connectivity index (χ3n) is 2.27. The first-order valence-corrected chi connectivity index (χ1v) is 6.48. The highest BCUT2D eigenvalue weighted by molar-refractivity contribution is 5.35. The fraction of sp³-hybridized carbons (Fsp3) is 0.692. The van der Waals surface area contributed by atoms with Crippen molar-refractivity contribution < 1.29 is 4.74 Å². The Kier molecular flexibility index (Phi) is 6.55. The summed E-state index contributed by atoms with van der Waals surface area (Å²) in [6, 6.07) is 2.02. The normalized spacial score (nSPS) is 10.5. The van der Waals surface area contributed by atoms with Crippen molar-refractivity contribution in [2.75, 3.05) is 18.5 Å². The van der Waals surface area contributed by atoms with Crippen molar-refractivity contribution in [2.24, 2.45) is 0 Å². The SMILES string of the molecule is CCCOCc1nc(CCC)cc(NCC)n1. The molecule has 0 unspecified atom stereocenters. The maximum absolute atomic E-state index is 5.48. The average Bonchev–Trinajstić information content (AvgIpc) is 2.30. The smallest absolute Gasteiger partial charge is 0.156 e. The Bertz CT molecular complexity index is 304. The monoisotopic (exact) mass is 237 g/mol. The van der Waals surface area contributed by atoms with Gasteiger partial charge in [0.2, 0.25) is 0 Å². The van der Waals surface area contributed by atoms with Crippen LogP contribution in [0.3, 0.4) is 0 Å². The van der Waals surface area contributed by atoms with Crippen molar-refractivity contribution in [3.63, 3.8) is 0 Å². The van der Waals surface area contributed by atoms with E-state index in [0.29, 0.717) is 6.61 Å². The molecule has 4 heteroatoms. The zero-order chi connectivity index (χ0) is 12.5.